The lowest BCUT2D eigenvalue weighted by atomic mass is 10.1. The van der Waals surface area contributed by atoms with Gasteiger partial charge in [0.25, 0.3) is 5.91 Å². The summed E-state index contributed by atoms with van der Waals surface area (Å²) >= 11 is 0. The zero-order chi connectivity index (χ0) is 20.6. The number of hydrogen-bond donors (Lipinski definition) is 1. The second-order valence-corrected chi connectivity index (χ2v) is 8.00. The van der Waals surface area contributed by atoms with Crippen molar-refractivity contribution in [3.05, 3.63) is 78.1 Å². The molecule has 0 spiro atoms. The molecule has 0 radical (unpaired) electrons. The highest BCUT2D eigenvalue weighted by atomic mass is 32.2. The Morgan fingerprint density at radius 2 is 1.66 bits per heavy atom. The van der Waals surface area contributed by atoms with E-state index >= 15 is 0 Å². The number of hydrazone groups is 1. The van der Waals surface area contributed by atoms with Crippen molar-refractivity contribution < 1.29 is 13.2 Å². The Bertz CT molecular complexity index is 1230. The van der Waals surface area contributed by atoms with Crippen LogP contribution in [0.5, 0.6) is 0 Å². The standard InChI is InChI=1S/C20H17N5O3S/c1-14-19(13-15-3-5-16(6-4-15)24-12-2-11-22-24)20(26)25(23-14)17-7-9-18(10-8-17)29(21,27)28/h2-13H,1H3,(H2,21,27,28)/b19-13-. The van der Waals surface area contributed by atoms with Gasteiger partial charge in [-0.15, -0.1) is 0 Å². The zero-order valence-corrected chi connectivity index (χ0v) is 16.2. The lowest BCUT2D eigenvalue weighted by Crippen LogP contribution is -2.21. The van der Waals surface area contributed by atoms with Crippen LogP contribution in [-0.2, 0) is 14.8 Å². The fraction of sp³-hybridized carbons (Fsp3) is 0.0500. The number of anilines is 1. The van der Waals surface area contributed by atoms with E-state index in [1.807, 2.05) is 36.5 Å². The third-order valence-electron chi connectivity index (χ3n) is 4.45. The van der Waals surface area contributed by atoms with Crippen LogP contribution >= 0.6 is 0 Å². The van der Waals surface area contributed by atoms with Crippen molar-refractivity contribution in [2.45, 2.75) is 11.8 Å². The van der Waals surface area contributed by atoms with Gasteiger partial charge in [0, 0.05) is 12.4 Å². The molecule has 0 bridgehead atoms. The van der Waals surface area contributed by atoms with Crippen LogP contribution in [0.15, 0.2) is 82.6 Å². The molecule has 1 amide bonds. The SMILES string of the molecule is CC1=NN(c2ccc(S(N)(=O)=O)cc2)C(=O)/C1=C\c1ccc(-n2cccn2)cc1. The topological polar surface area (TPSA) is 111 Å². The largest absolute Gasteiger partial charge is 0.280 e. The first kappa shape index (κ1) is 18.8. The molecule has 0 unspecified atom stereocenters. The Hall–Kier alpha value is -3.56. The van der Waals surface area contributed by atoms with Crippen LogP contribution in [0, 0.1) is 0 Å². The minimum Gasteiger partial charge on any atom is -0.267 e. The van der Waals surface area contributed by atoms with E-state index in [1.54, 1.807) is 23.9 Å². The van der Waals surface area contributed by atoms with Crippen molar-refractivity contribution in [1.29, 1.82) is 0 Å². The number of rotatable bonds is 4. The summed E-state index contributed by atoms with van der Waals surface area (Å²) in [7, 11) is -3.80. The molecule has 3 aromatic rings. The van der Waals surface area contributed by atoms with Crippen molar-refractivity contribution in [1.82, 2.24) is 9.78 Å². The van der Waals surface area contributed by atoms with Crippen LogP contribution in [0.4, 0.5) is 5.69 Å². The second kappa shape index (κ2) is 7.12. The molecular formula is C20H17N5O3S. The van der Waals surface area contributed by atoms with E-state index < -0.39 is 10.0 Å². The summed E-state index contributed by atoms with van der Waals surface area (Å²) in [5, 5.41) is 14.8. The first-order chi connectivity index (χ1) is 13.8. The Morgan fingerprint density at radius 3 is 2.24 bits per heavy atom. The van der Waals surface area contributed by atoms with Gasteiger partial charge in [0.2, 0.25) is 10.0 Å². The van der Waals surface area contributed by atoms with E-state index in [0.29, 0.717) is 17.0 Å². The van der Waals surface area contributed by atoms with E-state index in [0.717, 1.165) is 11.3 Å². The summed E-state index contributed by atoms with van der Waals surface area (Å²) in [5.41, 5.74) is 3.26. The van der Waals surface area contributed by atoms with Crippen molar-refractivity contribution in [2.24, 2.45) is 10.2 Å². The van der Waals surface area contributed by atoms with Crippen molar-refractivity contribution in [3.63, 3.8) is 0 Å². The van der Waals surface area contributed by atoms with Crippen molar-refractivity contribution in [3.8, 4) is 5.69 Å². The highest BCUT2D eigenvalue weighted by Crippen LogP contribution is 2.26. The van der Waals surface area contributed by atoms with E-state index in [1.165, 1.54) is 29.3 Å². The monoisotopic (exact) mass is 407 g/mol. The van der Waals surface area contributed by atoms with Gasteiger partial charge in [0.15, 0.2) is 0 Å². The summed E-state index contributed by atoms with van der Waals surface area (Å²) in [6.45, 7) is 1.75. The Labute approximate surface area is 167 Å². The molecule has 0 fully saturated rings. The van der Waals surface area contributed by atoms with Gasteiger partial charge in [-0.3, -0.25) is 4.79 Å². The predicted octanol–water partition coefficient (Wildman–Crippen LogP) is 2.33. The minimum atomic E-state index is -3.80. The summed E-state index contributed by atoms with van der Waals surface area (Å²) < 4.78 is 24.5. The fourth-order valence-corrected chi connectivity index (χ4v) is 3.46. The number of nitrogens with zero attached hydrogens (tertiary/aromatic N) is 4. The van der Waals surface area contributed by atoms with Crippen LogP contribution in [0.3, 0.4) is 0 Å². The van der Waals surface area contributed by atoms with E-state index in [4.69, 9.17) is 5.14 Å². The Morgan fingerprint density at radius 1 is 1.00 bits per heavy atom. The lowest BCUT2D eigenvalue weighted by molar-refractivity contribution is -0.114. The Kier molecular flexibility index (Phi) is 4.61. The maximum absolute atomic E-state index is 12.8. The molecular weight excluding hydrogens is 390 g/mol. The van der Waals surface area contributed by atoms with E-state index in [-0.39, 0.29) is 10.8 Å². The van der Waals surface area contributed by atoms with Gasteiger partial charge < -0.3 is 0 Å². The van der Waals surface area contributed by atoms with Crippen LogP contribution in [-0.4, -0.2) is 29.8 Å². The first-order valence-electron chi connectivity index (χ1n) is 8.67. The number of amides is 1. The molecule has 0 saturated carbocycles. The molecule has 29 heavy (non-hydrogen) atoms. The number of carbonyl (C=O) groups is 1. The van der Waals surface area contributed by atoms with Crippen LogP contribution in [0.2, 0.25) is 0 Å². The van der Waals surface area contributed by atoms with Crippen LogP contribution in [0.1, 0.15) is 12.5 Å². The number of sulfonamides is 1. The number of nitrogens with two attached hydrogens (primary N) is 1. The predicted molar refractivity (Wildman–Crippen MR) is 110 cm³/mol. The summed E-state index contributed by atoms with van der Waals surface area (Å²) in [5.74, 6) is -0.290. The zero-order valence-electron chi connectivity index (χ0n) is 15.4. The molecule has 0 atom stereocenters. The smallest absolute Gasteiger partial charge is 0.267 e. The highest BCUT2D eigenvalue weighted by Gasteiger charge is 2.28. The third kappa shape index (κ3) is 3.73. The van der Waals surface area contributed by atoms with Gasteiger partial charge >= 0.3 is 0 Å². The maximum atomic E-state index is 12.8. The molecule has 2 heterocycles. The Balaban J connectivity index is 1.59. The molecule has 2 N–H and O–H groups in total. The normalized spacial score (nSPS) is 15.8. The van der Waals surface area contributed by atoms with Gasteiger partial charge in [0.05, 0.1) is 27.6 Å². The van der Waals surface area contributed by atoms with Gasteiger partial charge in [-0.1, -0.05) is 12.1 Å². The third-order valence-corrected chi connectivity index (χ3v) is 5.37. The summed E-state index contributed by atoms with van der Waals surface area (Å²) in [6.07, 6.45) is 5.33. The molecule has 1 aromatic heterocycles. The molecule has 4 rings (SSSR count). The molecule has 1 aliphatic heterocycles. The molecule has 0 aliphatic carbocycles. The van der Waals surface area contributed by atoms with Gasteiger partial charge in [-0.2, -0.15) is 15.2 Å². The number of benzene rings is 2. The summed E-state index contributed by atoms with van der Waals surface area (Å²) in [4.78, 5) is 12.8. The van der Waals surface area contributed by atoms with Crippen LogP contribution < -0.4 is 10.1 Å². The van der Waals surface area contributed by atoms with Crippen molar-refractivity contribution >= 4 is 33.4 Å². The minimum absolute atomic E-state index is 0.0263. The van der Waals surface area contributed by atoms with Gasteiger partial charge in [-0.25, -0.2) is 18.2 Å². The fourth-order valence-electron chi connectivity index (χ4n) is 2.95. The second-order valence-electron chi connectivity index (χ2n) is 6.44. The average Bonchev–Trinajstić information content (AvgIpc) is 3.32. The lowest BCUT2D eigenvalue weighted by Gasteiger charge is -2.12. The quantitative estimate of drug-likeness (QED) is 0.669. The first-order valence-corrected chi connectivity index (χ1v) is 10.2. The maximum Gasteiger partial charge on any atom is 0.280 e. The van der Waals surface area contributed by atoms with Crippen molar-refractivity contribution in [2.75, 3.05) is 5.01 Å². The van der Waals surface area contributed by atoms with Gasteiger partial charge in [-0.05, 0) is 61.0 Å². The molecule has 8 nitrogen and oxygen atoms in total. The summed E-state index contributed by atoms with van der Waals surface area (Å²) in [6, 6.07) is 15.1. The number of primary sulfonamides is 1. The highest BCUT2D eigenvalue weighted by molar-refractivity contribution is 7.89. The van der Waals surface area contributed by atoms with Crippen LogP contribution in [0.25, 0.3) is 11.8 Å². The molecule has 2 aromatic carbocycles. The molecule has 0 saturated heterocycles. The number of carbonyl (C=O) groups excluding carboxylic acids is 1. The van der Waals surface area contributed by atoms with E-state index in [9.17, 15) is 13.2 Å². The molecule has 146 valence electrons. The number of aromatic nitrogens is 2. The number of hydrogen-bond acceptors (Lipinski definition) is 5. The molecule has 1 aliphatic rings. The van der Waals surface area contributed by atoms with Gasteiger partial charge in [0.1, 0.15) is 0 Å². The van der Waals surface area contributed by atoms with E-state index in [2.05, 4.69) is 10.2 Å². The molecule has 9 heteroatoms. The average molecular weight is 407 g/mol.